The number of hydrogen-bond acceptors (Lipinski definition) is 0. The number of benzene rings is 2. The first-order chi connectivity index (χ1) is 10.4. The van der Waals surface area contributed by atoms with Gasteiger partial charge in [-0.25, -0.2) is 0 Å². The summed E-state index contributed by atoms with van der Waals surface area (Å²) in [6.45, 7) is 2.22. The maximum atomic E-state index is 2.38. The topological polar surface area (TPSA) is 0 Å². The van der Waals surface area contributed by atoms with Crippen LogP contribution in [0.2, 0.25) is 0 Å². The molecule has 0 nitrogen and oxygen atoms in total. The maximum absolute atomic E-state index is 2.38. The highest BCUT2D eigenvalue weighted by molar-refractivity contribution is 5.85. The van der Waals surface area contributed by atoms with Gasteiger partial charge in [-0.2, -0.15) is 0 Å². The highest BCUT2D eigenvalue weighted by Gasteiger charge is 2.21. The summed E-state index contributed by atoms with van der Waals surface area (Å²) in [6, 6.07) is 13.3. The first kappa shape index (κ1) is 12.4. The fourth-order valence-electron chi connectivity index (χ4n) is 3.36. The third kappa shape index (κ3) is 1.99. The predicted molar refractivity (Wildman–Crippen MR) is 91.1 cm³/mol. The fourth-order valence-corrected chi connectivity index (χ4v) is 3.36. The van der Waals surface area contributed by atoms with Crippen molar-refractivity contribution in [3.63, 3.8) is 0 Å². The quantitative estimate of drug-likeness (QED) is 0.537. The lowest BCUT2D eigenvalue weighted by molar-refractivity contribution is 1.16. The molecule has 0 unspecified atom stereocenters. The van der Waals surface area contributed by atoms with Gasteiger partial charge in [0.1, 0.15) is 0 Å². The minimum atomic E-state index is 1.06. The van der Waals surface area contributed by atoms with E-state index in [4.69, 9.17) is 0 Å². The van der Waals surface area contributed by atoms with Crippen molar-refractivity contribution in [3.05, 3.63) is 82.5 Å². The minimum absolute atomic E-state index is 1.06. The minimum Gasteiger partial charge on any atom is -0.0620 e. The Morgan fingerprint density at radius 2 is 1.76 bits per heavy atom. The zero-order valence-corrected chi connectivity index (χ0v) is 12.3. The number of rotatable bonds is 1. The Bertz CT molecular complexity index is 801. The smallest absolute Gasteiger partial charge is 0.000728 e. The van der Waals surface area contributed by atoms with E-state index in [-0.39, 0.29) is 0 Å². The highest BCUT2D eigenvalue weighted by atomic mass is 14.2. The molecule has 0 spiro atoms. The van der Waals surface area contributed by atoms with Crippen LogP contribution < -0.4 is 0 Å². The van der Waals surface area contributed by atoms with Gasteiger partial charge in [0.05, 0.1) is 0 Å². The summed E-state index contributed by atoms with van der Waals surface area (Å²) in [5.41, 5.74) is 9.88. The van der Waals surface area contributed by atoms with E-state index in [1.807, 2.05) is 0 Å². The van der Waals surface area contributed by atoms with Crippen LogP contribution >= 0.6 is 0 Å². The van der Waals surface area contributed by atoms with E-state index in [2.05, 4.69) is 73.7 Å². The summed E-state index contributed by atoms with van der Waals surface area (Å²) in [5, 5.41) is 0. The second-order valence-electron chi connectivity index (χ2n) is 5.72. The van der Waals surface area contributed by atoms with Crippen molar-refractivity contribution in [1.29, 1.82) is 0 Å². The lowest BCUT2D eigenvalue weighted by Crippen LogP contribution is -1.93. The molecule has 0 aliphatic heterocycles. The zero-order valence-electron chi connectivity index (χ0n) is 12.3. The van der Waals surface area contributed by atoms with E-state index < -0.39 is 0 Å². The van der Waals surface area contributed by atoms with Crippen molar-refractivity contribution >= 4 is 12.2 Å². The molecule has 4 rings (SSSR count). The van der Waals surface area contributed by atoms with Crippen molar-refractivity contribution in [1.82, 2.24) is 0 Å². The Morgan fingerprint density at radius 1 is 0.905 bits per heavy atom. The second kappa shape index (κ2) is 4.89. The molecule has 21 heavy (non-hydrogen) atoms. The van der Waals surface area contributed by atoms with Gasteiger partial charge in [0.15, 0.2) is 0 Å². The van der Waals surface area contributed by atoms with Crippen LogP contribution in [0.15, 0.2) is 60.2 Å². The summed E-state index contributed by atoms with van der Waals surface area (Å²) < 4.78 is 0. The third-order valence-corrected chi connectivity index (χ3v) is 4.50. The largest absolute Gasteiger partial charge is 0.0620 e. The molecule has 2 aromatic carbocycles. The Balaban J connectivity index is 1.97. The van der Waals surface area contributed by atoms with Crippen LogP contribution in [0.1, 0.15) is 35.6 Å². The monoisotopic (exact) mass is 270 g/mol. The molecule has 102 valence electrons. The van der Waals surface area contributed by atoms with Gasteiger partial charge in [-0.3, -0.25) is 0 Å². The molecular weight excluding hydrogens is 252 g/mol. The van der Waals surface area contributed by atoms with Crippen LogP contribution in [-0.4, -0.2) is 0 Å². The fraction of sp³-hybridized carbons (Fsp3) is 0.143. The Kier molecular flexibility index (Phi) is 2.89. The molecule has 0 aromatic heterocycles. The van der Waals surface area contributed by atoms with Crippen molar-refractivity contribution in [2.45, 2.75) is 19.8 Å². The summed E-state index contributed by atoms with van der Waals surface area (Å²) in [5.74, 6) is 0. The molecule has 2 aromatic rings. The van der Waals surface area contributed by atoms with Gasteiger partial charge in [-0.15, -0.1) is 0 Å². The summed E-state index contributed by atoms with van der Waals surface area (Å²) in [4.78, 5) is 0. The van der Waals surface area contributed by atoms with Gasteiger partial charge in [-0.05, 0) is 51.8 Å². The van der Waals surface area contributed by atoms with E-state index in [1.165, 1.54) is 39.0 Å². The van der Waals surface area contributed by atoms with E-state index >= 15 is 0 Å². The molecular formula is C21H18. The van der Waals surface area contributed by atoms with Crippen molar-refractivity contribution < 1.29 is 0 Å². The van der Waals surface area contributed by atoms with Crippen molar-refractivity contribution in [3.8, 4) is 11.1 Å². The molecule has 2 aliphatic carbocycles. The van der Waals surface area contributed by atoms with E-state index in [1.54, 1.807) is 0 Å². The molecule has 0 saturated heterocycles. The standard InChI is InChI=1S/C21H18/c1-2-15-7-3-4-8-16-11-12-19-18-10-6-5-9-17(18)14-21(19)20(16)13-15/h3-13H,2,14H2,1H3/b4-3?,7-3-,8-4+,15-7?,15-13-,16-8?,20-13?. The van der Waals surface area contributed by atoms with Gasteiger partial charge in [0.25, 0.3) is 0 Å². The molecule has 0 N–H and O–H groups in total. The molecule has 0 atom stereocenters. The lowest BCUT2D eigenvalue weighted by Gasteiger charge is -2.12. The Morgan fingerprint density at radius 3 is 2.67 bits per heavy atom. The molecule has 0 bridgehead atoms. The van der Waals surface area contributed by atoms with E-state index in [0.29, 0.717) is 0 Å². The first-order valence-electron chi connectivity index (χ1n) is 7.66. The Hall–Kier alpha value is -2.34. The van der Waals surface area contributed by atoms with E-state index in [9.17, 15) is 0 Å². The van der Waals surface area contributed by atoms with Gasteiger partial charge < -0.3 is 0 Å². The molecule has 0 saturated carbocycles. The molecule has 0 heterocycles. The second-order valence-corrected chi connectivity index (χ2v) is 5.72. The normalized spacial score (nSPS) is 20.3. The van der Waals surface area contributed by atoms with Crippen LogP contribution in [0.4, 0.5) is 0 Å². The van der Waals surface area contributed by atoms with Gasteiger partial charge in [0, 0.05) is 0 Å². The lowest BCUT2D eigenvalue weighted by atomic mass is 9.92. The zero-order chi connectivity index (χ0) is 14.2. The van der Waals surface area contributed by atoms with Gasteiger partial charge >= 0.3 is 0 Å². The van der Waals surface area contributed by atoms with Crippen molar-refractivity contribution in [2.75, 3.05) is 0 Å². The van der Waals surface area contributed by atoms with Gasteiger partial charge in [0.2, 0.25) is 0 Å². The number of fused-ring (bicyclic) bond motifs is 5. The first-order valence-corrected chi connectivity index (χ1v) is 7.66. The predicted octanol–water partition coefficient (Wildman–Crippen LogP) is 5.63. The summed E-state index contributed by atoms with van der Waals surface area (Å²) in [6.07, 6.45) is 13.2. The summed E-state index contributed by atoms with van der Waals surface area (Å²) in [7, 11) is 0. The van der Waals surface area contributed by atoms with Crippen LogP contribution in [0.5, 0.6) is 0 Å². The van der Waals surface area contributed by atoms with E-state index in [0.717, 1.165) is 12.8 Å². The Labute approximate surface area is 126 Å². The number of hydrogen-bond donors (Lipinski definition) is 0. The molecule has 0 amide bonds. The van der Waals surface area contributed by atoms with Crippen molar-refractivity contribution in [2.24, 2.45) is 0 Å². The molecule has 0 fully saturated rings. The average molecular weight is 270 g/mol. The van der Waals surface area contributed by atoms with Crippen LogP contribution in [0.25, 0.3) is 23.3 Å². The summed E-state index contributed by atoms with van der Waals surface area (Å²) >= 11 is 0. The molecule has 0 heteroatoms. The molecule has 0 radical (unpaired) electrons. The van der Waals surface area contributed by atoms with Crippen LogP contribution in [-0.2, 0) is 6.42 Å². The number of allylic oxidation sites excluding steroid dienone is 4. The van der Waals surface area contributed by atoms with Crippen LogP contribution in [0, 0.1) is 0 Å². The van der Waals surface area contributed by atoms with Gasteiger partial charge in [-0.1, -0.05) is 73.7 Å². The molecule has 2 aliphatic rings. The highest BCUT2D eigenvalue weighted by Crippen LogP contribution is 2.40. The SMILES string of the molecule is CCC1=C/c2c(ccc3c2Cc2ccccc2-3)/C=C/C=C\1. The third-order valence-electron chi connectivity index (χ3n) is 4.50. The average Bonchev–Trinajstić information content (AvgIpc) is 2.86. The maximum Gasteiger partial charge on any atom is -0.000728 e. The van der Waals surface area contributed by atoms with Crippen LogP contribution in [0.3, 0.4) is 0 Å².